The first-order valence-electron chi connectivity index (χ1n) is 5.52. The first-order chi connectivity index (χ1) is 6.93. The molecule has 2 N–H and O–H groups in total. The standard InChI is InChI=1S/C12H18O3/c1-12(2,10(13)11(14)15)9-6-7-3-4-8(9)5-7/h3-4,7-10,13H,5-6H2,1-2H3,(H,14,15). The molecule has 0 amide bonds. The van der Waals surface area contributed by atoms with Crippen molar-refractivity contribution >= 4 is 5.97 Å². The Labute approximate surface area is 89.8 Å². The van der Waals surface area contributed by atoms with Gasteiger partial charge in [0.25, 0.3) is 0 Å². The van der Waals surface area contributed by atoms with E-state index < -0.39 is 17.5 Å². The summed E-state index contributed by atoms with van der Waals surface area (Å²) in [6, 6.07) is 0. The zero-order chi connectivity index (χ0) is 11.2. The molecule has 2 bridgehead atoms. The summed E-state index contributed by atoms with van der Waals surface area (Å²) in [5, 5.41) is 18.6. The van der Waals surface area contributed by atoms with E-state index in [0.29, 0.717) is 17.8 Å². The van der Waals surface area contributed by atoms with Crippen molar-refractivity contribution in [3.63, 3.8) is 0 Å². The molecule has 3 heteroatoms. The molecule has 15 heavy (non-hydrogen) atoms. The van der Waals surface area contributed by atoms with Gasteiger partial charge >= 0.3 is 5.97 Å². The van der Waals surface area contributed by atoms with Crippen molar-refractivity contribution in [2.24, 2.45) is 23.2 Å². The highest BCUT2D eigenvalue weighted by molar-refractivity contribution is 5.73. The lowest BCUT2D eigenvalue weighted by molar-refractivity contribution is -0.156. The maximum absolute atomic E-state index is 10.8. The number of hydrogen-bond donors (Lipinski definition) is 2. The summed E-state index contributed by atoms with van der Waals surface area (Å²) in [6.07, 6.45) is 5.33. The van der Waals surface area contributed by atoms with E-state index in [1.165, 1.54) is 0 Å². The van der Waals surface area contributed by atoms with Crippen LogP contribution < -0.4 is 0 Å². The fourth-order valence-corrected chi connectivity index (χ4v) is 3.16. The van der Waals surface area contributed by atoms with Gasteiger partial charge in [0.05, 0.1) is 0 Å². The predicted octanol–water partition coefficient (Wildman–Crippen LogP) is 1.67. The Hall–Kier alpha value is -0.830. The maximum atomic E-state index is 10.8. The normalized spacial score (nSPS) is 35.8. The van der Waals surface area contributed by atoms with Crippen LogP contribution in [0.15, 0.2) is 12.2 Å². The summed E-state index contributed by atoms with van der Waals surface area (Å²) in [4.78, 5) is 10.8. The SMILES string of the molecule is CC(C)(C(O)C(=O)O)C1CC2C=CC1C2. The maximum Gasteiger partial charge on any atom is 0.333 e. The van der Waals surface area contributed by atoms with Crippen LogP contribution in [0.1, 0.15) is 26.7 Å². The quantitative estimate of drug-likeness (QED) is 0.697. The summed E-state index contributed by atoms with van der Waals surface area (Å²) in [5.74, 6) is 0.282. The summed E-state index contributed by atoms with van der Waals surface area (Å²) in [7, 11) is 0. The average Bonchev–Trinajstić information content (AvgIpc) is 2.77. The molecule has 4 unspecified atom stereocenters. The molecule has 2 rings (SSSR count). The van der Waals surface area contributed by atoms with Gasteiger partial charge in [0.1, 0.15) is 0 Å². The van der Waals surface area contributed by atoms with E-state index >= 15 is 0 Å². The van der Waals surface area contributed by atoms with Crippen LogP contribution in [0.25, 0.3) is 0 Å². The van der Waals surface area contributed by atoms with E-state index in [2.05, 4.69) is 12.2 Å². The average molecular weight is 210 g/mol. The monoisotopic (exact) mass is 210 g/mol. The van der Waals surface area contributed by atoms with Gasteiger partial charge in [0.2, 0.25) is 0 Å². The second kappa shape index (κ2) is 3.34. The molecular weight excluding hydrogens is 192 g/mol. The van der Waals surface area contributed by atoms with Crippen LogP contribution in [0.4, 0.5) is 0 Å². The van der Waals surface area contributed by atoms with Crippen molar-refractivity contribution < 1.29 is 15.0 Å². The third kappa shape index (κ3) is 1.59. The van der Waals surface area contributed by atoms with Gasteiger partial charge in [-0.2, -0.15) is 0 Å². The van der Waals surface area contributed by atoms with Gasteiger partial charge in [0.15, 0.2) is 6.10 Å². The topological polar surface area (TPSA) is 57.5 Å². The number of fused-ring (bicyclic) bond motifs is 2. The van der Waals surface area contributed by atoms with E-state index in [1.54, 1.807) is 0 Å². The number of hydrogen-bond acceptors (Lipinski definition) is 2. The molecule has 0 heterocycles. The van der Waals surface area contributed by atoms with Gasteiger partial charge in [-0.3, -0.25) is 0 Å². The minimum atomic E-state index is -1.25. The lowest BCUT2D eigenvalue weighted by Gasteiger charge is -2.37. The van der Waals surface area contributed by atoms with Gasteiger partial charge < -0.3 is 10.2 Å². The highest BCUT2D eigenvalue weighted by Gasteiger charge is 2.48. The molecule has 1 saturated carbocycles. The molecular formula is C12H18O3. The number of carbonyl (C=O) groups is 1. The second-order valence-electron chi connectivity index (χ2n) is 5.45. The molecule has 3 nitrogen and oxygen atoms in total. The van der Waals surface area contributed by atoms with Crippen LogP contribution in [0, 0.1) is 23.2 Å². The van der Waals surface area contributed by atoms with Crippen molar-refractivity contribution in [3.8, 4) is 0 Å². The lowest BCUT2D eigenvalue weighted by atomic mass is 9.68. The molecule has 0 aromatic rings. The number of carboxylic acid groups (broad SMARTS) is 1. The van der Waals surface area contributed by atoms with E-state index in [9.17, 15) is 9.90 Å². The Morgan fingerprint density at radius 1 is 1.40 bits per heavy atom. The highest BCUT2D eigenvalue weighted by Crippen LogP contribution is 2.52. The molecule has 1 fully saturated rings. The van der Waals surface area contributed by atoms with Crippen LogP contribution in [-0.4, -0.2) is 22.3 Å². The van der Waals surface area contributed by atoms with Crippen molar-refractivity contribution in [1.82, 2.24) is 0 Å². The molecule has 0 aliphatic heterocycles. The molecule has 0 aromatic heterocycles. The van der Waals surface area contributed by atoms with Crippen LogP contribution in [0.5, 0.6) is 0 Å². The Bertz CT molecular complexity index is 306. The Morgan fingerprint density at radius 2 is 2.07 bits per heavy atom. The second-order valence-corrected chi connectivity index (χ2v) is 5.45. The van der Waals surface area contributed by atoms with Gasteiger partial charge in [-0.1, -0.05) is 26.0 Å². The summed E-state index contributed by atoms with van der Waals surface area (Å²) < 4.78 is 0. The summed E-state index contributed by atoms with van der Waals surface area (Å²) in [6.45, 7) is 3.73. The third-order valence-corrected chi connectivity index (χ3v) is 4.17. The Balaban J connectivity index is 2.16. The van der Waals surface area contributed by atoms with Gasteiger partial charge in [0, 0.05) is 5.41 Å². The van der Waals surface area contributed by atoms with Gasteiger partial charge in [-0.15, -0.1) is 0 Å². The number of carboxylic acids is 1. The minimum Gasteiger partial charge on any atom is -0.479 e. The first-order valence-corrected chi connectivity index (χ1v) is 5.52. The van der Waals surface area contributed by atoms with Crippen molar-refractivity contribution in [1.29, 1.82) is 0 Å². The number of rotatable bonds is 3. The molecule has 84 valence electrons. The molecule has 0 spiro atoms. The molecule has 0 radical (unpaired) electrons. The highest BCUT2D eigenvalue weighted by atomic mass is 16.4. The number of aliphatic hydroxyl groups is 1. The largest absolute Gasteiger partial charge is 0.479 e. The van der Waals surface area contributed by atoms with E-state index in [1.807, 2.05) is 13.8 Å². The fourth-order valence-electron chi connectivity index (χ4n) is 3.16. The van der Waals surface area contributed by atoms with Crippen molar-refractivity contribution in [3.05, 3.63) is 12.2 Å². The van der Waals surface area contributed by atoms with Crippen LogP contribution >= 0.6 is 0 Å². The fraction of sp³-hybridized carbons (Fsp3) is 0.750. The van der Waals surface area contributed by atoms with Crippen LogP contribution in [-0.2, 0) is 4.79 Å². The number of aliphatic carboxylic acids is 1. The Kier molecular flexibility index (Phi) is 2.38. The molecule has 0 saturated heterocycles. The number of allylic oxidation sites excluding steroid dienone is 2. The molecule has 0 aromatic carbocycles. The van der Waals surface area contributed by atoms with E-state index in [0.717, 1.165) is 12.8 Å². The van der Waals surface area contributed by atoms with Crippen molar-refractivity contribution in [2.45, 2.75) is 32.8 Å². The molecule has 2 aliphatic rings. The third-order valence-electron chi connectivity index (χ3n) is 4.17. The summed E-state index contributed by atoms with van der Waals surface area (Å²) >= 11 is 0. The van der Waals surface area contributed by atoms with Crippen LogP contribution in [0.2, 0.25) is 0 Å². The summed E-state index contributed by atoms with van der Waals surface area (Å²) in [5.41, 5.74) is -0.532. The number of aliphatic hydroxyl groups excluding tert-OH is 1. The smallest absolute Gasteiger partial charge is 0.333 e. The molecule has 2 aliphatic carbocycles. The van der Waals surface area contributed by atoms with Gasteiger partial charge in [-0.05, 0) is 30.6 Å². The molecule has 4 atom stereocenters. The Morgan fingerprint density at radius 3 is 2.47 bits per heavy atom. The minimum absolute atomic E-state index is 0.304. The van der Waals surface area contributed by atoms with Crippen LogP contribution in [0.3, 0.4) is 0 Å². The first kappa shape index (κ1) is 10.7. The lowest BCUT2D eigenvalue weighted by Crippen LogP contribution is -2.43. The zero-order valence-corrected chi connectivity index (χ0v) is 9.18. The predicted molar refractivity (Wildman–Crippen MR) is 56.3 cm³/mol. The van der Waals surface area contributed by atoms with Gasteiger partial charge in [-0.25, -0.2) is 4.79 Å². The zero-order valence-electron chi connectivity index (χ0n) is 9.18. The van der Waals surface area contributed by atoms with E-state index in [-0.39, 0.29) is 0 Å². The van der Waals surface area contributed by atoms with Crippen molar-refractivity contribution in [2.75, 3.05) is 0 Å². The van der Waals surface area contributed by atoms with E-state index in [4.69, 9.17) is 5.11 Å².